The number of alkyl halides is 2. The van der Waals surface area contributed by atoms with Gasteiger partial charge in [0.1, 0.15) is 12.1 Å². The average molecular weight is 549 g/mol. The molecule has 1 aliphatic rings. The van der Waals surface area contributed by atoms with E-state index in [0.717, 1.165) is 0 Å². The Morgan fingerprint density at radius 3 is 2.43 bits per heavy atom. The zero-order valence-electron chi connectivity index (χ0n) is 18.2. The second-order valence-electron chi connectivity index (χ2n) is 8.35. The van der Waals surface area contributed by atoms with Gasteiger partial charge in [-0.25, -0.2) is 18.7 Å². The van der Waals surface area contributed by atoms with Crippen molar-refractivity contribution in [2.75, 3.05) is 23.8 Å². The first-order chi connectivity index (χ1) is 16.6. The number of carbonyl (C=O) groups excluding carboxylic acids is 1. The zero-order chi connectivity index (χ0) is 25.3. The van der Waals surface area contributed by atoms with Gasteiger partial charge in [0.25, 0.3) is 5.92 Å². The van der Waals surface area contributed by atoms with E-state index in [4.69, 9.17) is 45.6 Å². The summed E-state index contributed by atoms with van der Waals surface area (Å²) in [6, 6.07) is 2.95. The molecule has 1 aliphatic carbocycles. The summed E-state index contributed by atoms with van der Waals surface area (Å²) in [6.45, 7) is -2.14. The van der Waals surface area contributed by atoms with Crippen molar-refractivity contribution < 1.29 is 18.7 Å². The Hall–Kier alpha value is -2.47. The normalized spacial score (nSPS) is 18.6. The Morgan fingerprint density at radius 2 is 1.83 bits per heavy atom. The first kappa shape index (κ1) is 25.6. The molecule has 0 radical (unpaired) electrons. The fourth-order valence-electron chi connectivity index (χ4n) is 4.07. The number of primary amides is 1. The highest BCUT2D eigenvalue weighted by molar-refractivity contribution is 6.41. The number of rotatable bonds is 8. The highest BCUT2D eigenvalue weighted by Crippen LogP contribution is 2.40. The molecule has 0 unspecified atom stereocenters. The summed E-state index contributed by atoms with van der Waals surface area (Å²) in [6.07, 6.45) is 3.81. The molecule has 0 spiro atoms. The third-order valence-corrected chi connectivity index (χ3v) is 6.69. The number of aliphatic hydroxyl groups is 1. The van der Waals surface area contributed by atoms with E-state index in [1.165, 1.54) is 18.3 Å². The van der Waals surface area contributed by atoms with Crippen molar-refractivity contribution in [3.05, 3.63) is 33.4 Å². The number of benzene rings is 1. The maximum atomic E-state index is 13.5. The standard InChI is InChI=1S/C21H22Cl3F2N7O2/c22-11-5-13(23)16(14(24)6-11)31-20-30-15-7-28-19(29-8-21(25,26)9-34)32-18(15)33(20)12-3-1-10(2-4-12)17(27)35/h5-7,10,12,34H,1-4,8-9H2,(H2,27,35)(H,30,31)(H,28,29,32)/t10-,12-. The van der Waals surface area contributed by atoms with Gasteiger partial charge in [-0.05, 0) is 37.8 Å². The van der Waals surface area contributed by atoms with Gasteiger partial charge in [-0.15, -0.1) is 0 Å². The number of amides is 1. The number of aromatic nitrogens is 4. The van der Waals surface area contributed by atoms with Gasteiger partial charge in [0, 0.05) is 17.0 Å². The summed E-state index contributed by atoms with van der Waals surface area (Å²) in [5.74, 6) is -3.58. The highest BCUT2D eigenvalue weighted by atomic mass is 35.5. The van der Waals surface area contributed by atoms with Gasteiger partial charge >= 0.3 is 0 Å². The van der Waals surface area contributed by atoms with Crippen molar-refractivity contribution in [2.45, 2.75) is 37.6 Å². The van der Waals surface area contributed by atoms with Crippen LogP contribution in [-0.2, 0) is 4.79 Å². The Kier molecular flexibility index (Phi) is 7.51. The number of carbonyl (C=O) groups is 1. The number of anilines is 3. The van der Waals surface area contributed by atoms with E-state index in [1.54, 1.807) is 0 Å². The molecular weight excluding hydrogens is 527 g/mol. The highest BCUT2D eigenvalue weighted by Gasteiger charge is 2.30. The van der Waals surface area contributed by atoms with Gasteiger partial charge in [0.15, 0.2) is 5.65 Å². The molecule has 5 N–H and O–H groups in total. The Balaban J connectivity index is 1.74. The molecule has 2 aromatic heterocycles. The largest absolute Gasteiger partial charge is 0.390 e. The van der Waals surface area contributed by atoms with Gasteiger partial charge in [-0.3, -0.25) is 9.36 Å². The summed E-state index contributed by atoms with van der Waals surface area (Å²) in [4.78, 5) is 24.7. The molecule has 35 heavy (non-hydrogen) atoms. The van der Waals surface area contributed by atoms with Crippen LogP contribution < -0.4 is 16.4 Å². The number of nitrogens with one attached hydrogen (secondary N) is 2. The summed E-state index contributed by atoms with van der Waals surface area (Å²) >= 11 is 18.7. The van der Waals surface area contributed by atoms with Gasteiger partial charge in [0.2, 0.25) is 17.8 Å². The van der Waals surface area contributed by atoms with Gasteiger partial charge in [-0.1, -0.05) is 34.8 Å². The molecule has 9 nitrogen and oxygen atoms in total. The molecule has 0 aliphatic heterocycles. The molecule has 3 aromatic rings. The van der Waals surface area contributed by atoms with E-state index in [-0.39, 0.29) is 33.9 Å². The zero-order valence-corrected chi connectivity index (χ0v) is 20.5. The molecule has 0 saturated heterocycles. The van der Waals surface area contributed by atoms with E-state index >= 15 is 0 Å². The predicted octanol–water partition coefficient (Wildman–Crippen LogP) is 4.79. The first-order valence-electron chi connectivity index (χ1n) is 10.8. The lowest BCUT2D eigenvalue weighted by Gasteiger charge is -2.29. The number of hydrogen-bond donors (Lipinski definition) is 4. The van der Waals surface area contributed by atoms with Crippen molar-refractivity contribution in [2.24, 2.45) is 11.7 Å². The topological polar surface area (TPSA) is 131 Å². The summed E-state index contributed by atoms with van der Waals surface area (Å²) in [5.41, 5.74) is 6.66. The molecule has 0 atom stereocenters. The number of nitrogens with two attached hydrogens (primary N) is 1. The number of imidazole rings is 1. The minimum Gasteiger partial charge on any atom is -0.390 e. The van der Waals surface area contributed by atoms with E-state index in [1.807, 2.05) is 4.57 Å². The van der Waals surface area contributed by atoms with Crippen LogP contribution in [0.25, 0.3) is 11.2 Å². The Labute approximate surface area is 214 Å². The molecule has 1 fully saturated rings. The maximum Gasteiger partial charge on any atom is 0.287 e. The Bertz CT molecular complexity index is 1230. The van der Waals surface area contributed by atoms with Crippen LogP contribution in [0.2, 0.25) is 15.1 Å². The predicted molar refractivity (Wildman–Crippen MR) is 131 cm³/mol. The first-order valence-corrected chi connectivity index (χ1v) is 11.9. The van der Waals surface area contributed by atoms with Crippen molar-refractivity contribution in [1.82, 2.24) is 19.5 Å². The number of nitrogens with zero attached hydrogens (tertiary/aromatic N) is 4. The molecule has 1 aromatic carbocycles. The minimum absolute atomic E-state index is 0.0493. The summed E-state index contributed by atoms with van der Waals surface area (Å²) in [5, 5.41) is 15.3. The van der Waals surface area contributed by atoms with Gasteiger partial charge in [-0.2, -0.15) is 4.98 Å². The van der Waals surface area contributed by atoms with Crippen LogP contribution in [0.3, 0.4) is 0 Å². The van der Waals surface area contributed by atoms with E-state index < -0.39 is 19.1 Å². The van der Waals surface area contributed by atoms with Crippen LogP contribution in [0.4, 0.5) is 26.4 Å². The van der Waals surface area contributed by atoms with Crippen molar-refractivity contribution in [3.8, 4) is 0 Å². The van der Waals surface area contributed by atoms with E-state index in [9.17, 15) is 13.6 Å². The van der Waals surface area contributed by atoms with Crippen LogP contribution in [0.1, 0.15) is 31.7 Å². The van der Waals surface area contributed by atoms with Crippen molar-refractivity contribution >= 4 is 69.5 Å². The number of fused-ring (bicyclic) bond motifs is 1. The van der Waals surface area contributed by atoms with Crippen LogP contribution in [0, 0.1) is 5.92 Å². The van der Waals surface area contributed by atoms with Gasteiger partial charge in [0.05, 0.1) is 28.5 Å². The molecule has 188 valence electrons. The third-order valence-electron chi connectivity index (χ3n) is 5.88. The monoisotopic (exact) mass is 547 g/mol. The minimum atomic E-state index is -3.33. The molecular formula is C21H22Cl3F2N7O2. The second kappa shape index (κ2) is 10.3. The molecule has 0 bridgehead atoms. The quantitative estimate of drug-likeness (QED) is 0.318. The van der Waals surface area contributed by atoms with Crippen molar-refractivity contribution in [1.29, 1.82) is 0 Å². The summed E-state index contributed by atoms with van der Waals surface area (Å²) < 4.78 is 28.8. The number of halogens is 5. The second-order valence-corrected chi connectivity index (χ2v) is 9.60. The lowest BCUT2D eigenvalue weighted by atomic mass is 9.85. The lowest BCUT2D eigenvalue weighted by Crippen LogP contribution is -2.31. The number of hydrogen-bond acceptors (Lipinski definition) is 7. The van der Waals surface area contributed by atoms with Crippen molar-refractivity contribution in [3.63, 3.8) is 0 Å². The molecule has 4 rings (SSSR count). The van der Waals surface area contributed by atoms with Crippen LogP contribution in [-0.4, -0.2) is 49.6 Å². The molecule has 1 amide bonds. The van der Waals surface area contributed by atoms with Crippen LogP contribution in [0.5, 0.6) is 0 Å². The van der Waals surface area contributed by atoms with Crippen LogP contribution in [0.15, 0.2) is 18.3 Å². The average Bonchev–Trinajstić information content (AvgIpc) is 3.17. The smallest absolute Gasteiger partial charge is 0.287 e. The number of aliphatic hydroxyl groups excluding tert-OH is 1. The van der Waals surface area contributed by atoms with Gasteiger partial charge < -0.3 is 21.5 Å². The SMILES string of the molecule is NC(=O)[C@H]1CC[C@H](n2c(Nc3c(Cl)cc(Cl)cc3Cl)nc3cnc(NCC(F)(F)CO)nc32)CC1. The molecule has 1 saturated carbocycles. The fraction of sp³-hybridized carbons (Fsp3) is 0.429. The lowest BCUT2D eigenvalue weighted by molar-refractivity contribution is -0.122. The third kappa shape index (κ3) is 5.69. The fourth-order valence-corrected chi connectivity index (χ4v) is 4.98. The molecule has 2 heterocycles. The Morgan fingerprint density at radius 1 is 1.17 bits per heavy atom. The summed E-state index contributed by atoms with van der Waals surface area (Å²) in [7, 11) is 0. The maximum absolute atomic E-state index is 13.5. The van der Waals surface area contributed by atoms with E-state index in [2.05, 4.69) is 25.6 Å². The van der Waals surface area contributed by atoms with E-state index in [0.29, 0.717) is 53.5 Å². The van der Waals surface area contributed by atoms with Crippen LogP contribution >= 0.6 is 34.8 Å². The molecule has 14 heteroatoms.